The summed E-state index contributed by atoms with van der Waals surface area (Å²) in [6.45, 7) is -0.180. The van der Waals surface area contributed by atoms with Crippen LogP contribution in [0.15, 0.2) is 50.4 Å². The number of ether oxygens (including phenoxy) is 1. The molecule has 5 nitrogen and oxygen atoms in total. The van der Waals surface area contributed by atoms with Crippen molar-refractivity contribution in [1.82, 2.24) is 5.43 Å². The minimum atomic E-state index is -0.405. The first-order valence-electron chi connectivity index (χ1n) is 6.34. The third-order valence-corrected chi connectivity index (χ3v) is 4.05. The van der Waals surface area contributed by atoms with Crippen LogP contribution in [0.4, 0.5) is 0 Å². The standard InChI is InChI=1S/C15H11Br2ClN2O3/c16-12-4-9(5-13(17)15(12)22)7-19-20-14(21)8-23-11-3-1-2-10(18)6-11/h1-7,22H,8H2,(H,20,21)/b19-7-. The number of benzene rings is 2. The average molecular weight is 463 g/mol. The molecular weight excluding hydrogens is 451 g/mol. The van der Waals surface area contributed by atoms with Crippen molar-refractivity contribution < 1.29 is 14.6 Å². The van der Waals surface area contributed by atoms with Crippen molar-refractivity contribution in [3.63, 3.8) is 0 Å². The SMILES string of the molecule is O=C(COc1cccc(Cl)c1)N/N=C\c1cc(Br)c(O)c(Br)c1. The van der Waals surface area contributed by atoms with Gasteiger partial charge in [0.1, 0.15) is 11.5 Å². The molecule has 0 unspecified atom stereocenters. The number of aromatic hydroxyl groups is 1. The molecule has 2 aromatic rings. The number of carbonyl (C=O) groups excluding carboxylic acids is 1. The largest absolute Gasteiger partial charge is 0.506 e. The maximum Gasteiger partial charge on any atom is 0.277 e. The summed E-state index contributed by atoms with van der Waals surface area (Å²) >= 11 is 12.2. The zero-order chi connectivity index (χ0) is 16.8. The number of rotatable bonds is 5. The molecule has 120 valence electrons. The summed E-state index contributed by atoms with van der Waals surface area (Å²) in [7, 11) is 0. The number of hydrogen-bond acceptors (Lipinski definition) is 4. The van der Waals surface area contributed by atoms with Crippen LogP contribution in [0.25, 0.3) is 0 Å². The maximum atomic E-state index is 11.6. The molecule has 2 N–H and O–H groups in total. The Bertz CT molecular complexity index is 730. The van der Waals surface area contributed by atoms with Crippen LogP contribution in [0, 0.1) is 0 Å². The third-order valence-electron chi connectivity index (χ3n) is 2.61. The molecule has 23 heavy (non-hydrogen) atoms. The van der Waals surface area contributed by atoms with Crippen LogP contribution in [0.2, 0.25) is 5.02 Å². The van der Waals surface area contributed by atoms with Crippen molar-refractivity contribution in [2.75, 3.05) is 6.61 Å². The van der Waals surface area contributed by atoms with Crippen molar-refractivity contribution in [3.05, 3.63) is 55.9 Å². The van der Waals surface area contributed by atoms with E-state index in [4.69, 9.17) is 16.3 Å². The van der Waals surface area contributed by atoms with E-state index >= 15 is 0 Å². The van der Waals surface area contributed by atoms with Gasteiger partial charge in [0.05, 0.1) is 15.2 Å². The molecule has 0 fully saturated rings. The van der Waals surface area contributed by atoms with Crippen molar-refractivity contribution in [3.8, 4) is 11.5 Å². The number of hydrogen-bond donors (Lipinski definition) is 2. The van der Waals surface area contributed by atoms with Crippen LogP contribution in [0.3, 0.4) is 0 Å². The highest BCUT2D eigenvalue weighted by atomic mass is 79.9. The lowest BCUT2D eigenvalue weighted by atomic mass is 10.2. The molecule has 0 saturated carbocycles. The summed E-state index contributed by atoms with van der Waals surface area (Å²) in [5, 5.41) is 14.0. The molecule has 0 radical (unpaired) electrons. The van der Waals surface area contributed by atoms with Gasteiger partial charge in [-0.25, -0.2) is 5.43 Å². The van der Waals surface area contributed by atoms with Gasteiger partial charge in [-0.15, -0.1) is 0 Å². The first-order valence-corrected chi connectivity index (χ1v) is 8.30. The summed E-state index contributed by atoms with van der Waals surface area (Å²) in [6, 6.07) is 10.1. The van der Waals surface area contributed by atoms with Gasteiger partial charge in [-0.2, -0.15) is 5.10 Å². The Hall–Kier alpha value is -1.57. The van der Waals surface area contributed by atoms with Gasteiger partial charge < -0.3 is 9.84 Å². The van der Waals surface area contributed by atoms with Gasteiger partial charge >= 0.3 is 0 Å². The lowest BCUT2D eigenvalue weighted by Crippen LogP contribution is -2.24. The normalized spacial score (nSPS) is 10.7. The molecule has 0 bridgehead atoms. The van der Waals surface area contributed by atoms with Gasteiger partial charge in [0, 0.05) is 5.02 Å². The molecule has 0 aliphatic heterocycles. The summed E-state index contributed by atoms with van der Waals surface area (Å²) < 4.78 is 6.32. The topological polar surface area (TPSA) is 70.9 Å². The van der Waals surface area contributed by atoms with Crippen LogP contribution in [-0.2, 0) is 4.79 Å². The molecule has 2 rings (SSSR count). The Morgan fingerprint density at radius 2 is 2.00 bits per heavy atom. The highest BCUT2D eigenvalue weighted by Crippen LogP contribution is 2.32. The quantitative estimate of drug-likeness (QED) is 0.519. The number of hydrazone groups is 1. The van der Waals surface area contributed by atoms with E-state index in [0.29, 0.717) is 25.3 Å². The minimum absolute atomic E-state index is 0.0982. The van der Waals surface area contributed by atoms with Crippen molar-refractivity contribution >= 4 is 55.6 Å². The molecule has 0 saturated heterocycles. The van der Waals surface area contributed by atoms with Crippen molar-refractivity contribution in [1.29, 1.82) is 0 Å². The fourth-order valence-corrected chi connectivity index (χ4v) is 2.98. The van der Waals surface area contributed by atoms with Crippen LogP contribution in [0.1, 0.15) is 5.56 Å². The van der Waals surface area contributed by atoms with E-state index in [9.17, 15) is 9.90 Å². The zero-order valence-corrected chi connectivity index (χ0v) is 15.5. The molecule has 2 aromatic carbocycles. The maximum absolute atomic E-state index is 11.6. The fourth-order valence-electron chi connectivity index (χ4n) is 1.58. The molecule has 1 amide bonds. The van der Waals surface area contributed by atoms with Crippen LogP contribution in [-0.4, -0.2) is 23.8 Å². The van der Waals surface area contributed by atoms with Crippen LogP contribution < -0.4 is 10.2 Å². The highest BCUT2D eigenvalue weighted by molar-refractivity contribution is 9.11. The van der Waals surface area contributed by atoms with Gasteiger partial charge in [-0.3, -0.25) is 4.79 Å². The number of phenols is 1. The summed E-state index contributed by atoms with van der Waals surface area (Å²) in [5.74, 6) is 0.197. The first-order chi connectivity index (χ1) is 11.0. The van der Waals surface area contributed by atoms with Gasteiger partial charge in [-0.1, -0.05) is 17.7 Å². The lowest BCUT2D eigenvalue weighted by Gasteiger charge is -2.05. The molecule has 0 spiro atoms. The van der Waals surface area contributed by atoms with E-state index in [1.54, 1.807) is 36.4 Å². The van der Waals surface area contributed by atoms with Crippen molar-refractivity contribution in [2.45, 2.75) is 0 Å². The second-order valence-electron chi connectivity index (χ2n) is 4.37. The Balaban J connectivity index is 1.86. The number of carbonyl (C=O) groups is 1. The summed E-state index contributed by atoms with van der Waals surface area (Å²) in [4.78, 5) is 11.6. The van der Waals surface area contributed by atoms with Crippen LogP contribution >= 0.6 is 43.5 Å². The Morgan fingerprint density at radius 3 is 2.65 bits per heavy atom. The molecule has 0 aliphatic carbocycles. The van der Waals surface area contributed by atoms with E-state index in [1.165, 1.54) is 6.21 Å². The van der Waals surface area contributed by atoms with Gasteiger partial charge in [0.2, 0.25) is 0 Å². The third kappa shape index (κ3) is 5.53. The molecule has 0 atom stereocenters. The Labute approximate surface area is 154 Å². The second-order valence-corrected chi connectivity index (χ2v) is 6.52. The summed E-state index contributed by atoms with van der Waals surface area (Å²) in [6.07, 6.45) is 1.45. The molecule has 0 aliphatic rings. The predicted octanol–water partition coefficient (Wildman–Crippen LogP) is 4.10. The zero-order valence-electron chi connectivity index (χ0n) is 11.6. The molecular formula is C15H11Br2ClN2O3. The molecule has 0 aromatic heterocycles. The van der Waals surface area contributed by atoms with E-state index in [1.807, 2.05) is 0 Å². The number of nitrogens with zero attached hydrogens (tertiary/aromatic N) is 1. The van der Waals surface area contributed by atoms with Gasteiger partial charge in [0.15, 0.2) is 6.61 Å². The summed E-state index contributed by atoms with van der Waals surface area (Å²) in [5.41, 5.74) is 3.04. The smallest absolute Gasteiger partial charge is 0.277 e. The minimum Gasteiger partial charge on any atom is -0.506 e. The fraction of sp³-hybridized carbons (Fsp3) is 0.0667. The second kappa shape index (κ2) is 8.33. The average Bonchev–Trinajstić information content (AvgIpc) is 2.50. The van der Waals surface area contributed by atoms with Gasteiger partial charge in [0.25, 0.3) is 5.91 Å². The number of amides is 1. The first kappa shape index (κ1) is 17.8. The Kier molecular flexibility index (Phi) is 6.44. The van der Waals surface area contributed by atoms with Gasteiger partial charge in [-0.05, 0) is 67.8 Å². The van der Waals surface area contributed by atoms with E-state index in [2.05, 4.69) is 42.4 Å². The predicted molar refractivity (Wildman–Crippen MR) is 96.2 cm³/mol. The number of nitrogens with one attached hydrogen (secondary N) is 1. The van der Waals surface area contributed by atoms with E-state index in [-0.39, 0.29) is 12.4 Å². The lowest BCUT2D eigenvalue weighted by molar-refractivity contribution is -0.123. The Morgan fingerprint density at radius 1 is 1.30 bits per heavy atom. The monoisotopic (exact) mass is 460 g/mol. The van der Waals surface area contributed by atoms with E-state index in [0.717, 1.165) is 0 Å². The molecule has 8 heteroatoms. The van der Waals surface area contributed by atoms with E-state index < -0.39 is 5.91 Å². The highest BCUT2D eigenvalue weighted by Gasteiger charge is 2.05. The van der Waals surface area contributed by atoms with Crippen LogP contribution in [0.5, 0.6) is 11.5 Å². The number of halogens is 3. The molecule has 0 heterocycles. The number of phenolic OH excluding ortho intramolecular Hbond substituents is 1. The van der Waals surface area contributed by atoms with Crippen molar-refractivity contribution in [2.24, 2.45) is 5.10 Å².